The van der Waals surface area contributed by atoms with Crippen molar-refractivity contribution in [1.29, 1.82) is 0 Å². The third-order valence-electron chi connectivity index (χ3n) is 8.95. The van der Waals surface area contributed by atoms with Crippen molar-refractivity contribution >= 4 is 11.6 Å². The average molecular weight is 508 g/mol. The topological polar surface area (TPSA) is 88.0 Å². The molecule has 0 radical (unpaired) electrons. The summed E-state index contributed by atoms with van der Waals surface area (Å²) in [7, 11) is 0. The Balaban J connectivity index is 1.10. The van der Waals surface area contributed by atoms with E-state index in [0.717, 1.165) is 82.4 Å². The van der Waals surface area contributed by atoms with Crippen molar-refractivity contribution in [1.82, 2.24) is 15.7 Å². The Morgan fingerprint density at radius 1 is 0.943 bits per heavy atom. The zero-order chi connectivity index (χ0) is 24.6. The first-order chi connectivity index (χ1) is 17.0. The molecule has 5 N–H and O–H groups in total. The number of nitrogens with one attached hydrogen (secondary N) is 2. The van der Waals surface area contributed by atoms with Gasteiger partial charge in [-0.3, -0.25) is 5.32 Å². The second-order valence-corrected chi connectivity index (χ2v) is 11.9. The zero-order valence-electron chi connectivity index (χ0n) is 21.1. The molecule has 0 bridgehead atoms. The number of hydrogen-bond donors (Lipinski definition) is 5. The van der Waals surface area contributed by atoms with Gasteiger partial charge in [0.1, 0.15) is 6.23 Å². The van der Waals surface area contributed by atoms with E-state index in [9.17, 15) is 15.4 Å². The number of aliphatic hydroxyl groups is 2. The molecule has 1 saturated heterocycles. The van der Waals surface area contributed by atoms with Gasteiger partial charge in [-0.25, -0.2) is 0 Å². The predicted octanol–water partition coefficient (Wildman–Crippen LogP) is 4.87. The Kier molecular flexibility index (Phi) is 10.7. The molecule has 1 heterocycles. The highest BCUT2D eigenvalue weighted by molar-refractivity contribution is 6.30. The minimum Gasteiger partial charge on any atom is -0.393 e. The minimum atomic E-state index is -0.401. The molecule has 1 aromatic rings. The summed E-state index contributed by atoms with van der Waals surface area (Å²) in [5.41, 5.74) is 3.61. The lowest BCUT2D eigenvalue weighted by atomic mass is 9.82. The van der Waals surface area contributed by atoms with Crippen LogP contribution in [0.1, 0.15) is 88.7 Å². The van der Waals surface area contributed by atoms with Gasteiger partial charge in [0.15, 0.2) is 0 Å². The summed E-state index contributed by atoms with van der Waals surface area (Å²) < 4.78 is 0. The van der Waals surface area contributed by atoms with Gasteiger partial charge in [-0.2, -0.15) is 5.48 Å². The van der Waals surface area contributed by atoms with E-state index >= 15 is 0 Å². The summed E-state index contributed by atoms with van der Waals surface area (Å²) in [5, 5.41) is 34.2. The predicted molar refractivity (Wildman–Crippen MR) is 140 cm³/mol. The van der Waals surface area contributed by atoms with Crippen LogP contribution in [-0.2, 0) is 0 Å². The van der Waals surface area contributed by atoms with Crippen molar-refractivity contribution in [2.24, 2.45) is 17.8 Å². The first kappa shape index (κ1) is 27.3. The second kappa shape index (κ2) is 13.7. The molecule has 0 aromatic heterocycles. The number of hydroxylamine groups is 1. The first-order valence-electron chi connectivity index (χ1n) is 14.0. The Hall–Kier alpha value is -0.730. The van der Waals surface area contributed by atoms with Crippen molar-refractivity contribution in [3.05, 3.63) is 34.9 Å². The van der Waals surface area contributed by atoms with Gasteiger partial charge in [0.2, 0.25) is 0 Å². The van der Waals surface area contributed by atoms with E-state index in [1.54, 1.807) is 0 Å². The van der Waals surface area contributed by atoms with Gasteiger partial charge in [-0.05, 0) is 132 Å². The highest BCUT2D eigenvalue weighted by Gasteiger charge is 2.29. The maximum absolute atomic E-state index is 10.5. The summed E-state index contributed by atoms with van der Waals surface area (Å²) in [5.74, 6) is 1.76. The summed E-state index contributed by atoms with van der Waals surface area (Å²) in [6, 6.07) is 8.20. The quantitative estimate of drug-likeness (QED) is 0.229. The molecule has 2 saturated carbocycles. The number of nitrogens with zero attached hydrogens (tertiary/aromatic N) is 1. The van der Waals surface area contributed by atoms with Gasteiger partial charge in [0.25, 0.3) is 0 Å². The summed E-state index contributed by atoms with van der Waals surface area (Å²) in [6.07, 6.45) is 12.4. The molecular formula is C28H46ClN3O3. The maximum atomic E-state index is 10.5. The number of aliphatic hydroxyl groups excluding tert-OH is 2. The van der Waals surface area contributed by atoms with Crippen molar-refractivity contribution in [2.45, 2.75) is 101 Å². The van der Waals surface area contributed by atoms with Crippen LogP contribution in [0.25, 0.3) is 0 Å². The third-order valence-corrected chi connectivity index (χ3v) is 9.19. The van der Waals surface area contributed by atoms with Gasteiger partial charge < -0.3 is 20.3 Å². The molecule has 6 nitrogen and oxygen atoms in total. The normalized spacial score (nSPS) is 30.7. The van der Waals surface area contributed by atoms with E-state index in [1.165, 1.54) is 25.8 Å². The molecule has 1 aromatic carbocycles. The van der Waals surface area contributed by atoms with Crippen LogP contribution in [0.2, 0.25) is 5.02 Å². The molecule has 2 aliphatic carbocycles. The van der Waals surface area contributed by atoms with Gasteiger partial charge in [0, 0.05) is 11.1 Å². The molecule has 2 unspecified atom stereocenters. The highest BCUT2D eigenvalue weighted by Crippen LogP contribution is 2.33. The fourth-order valence-corrected chi connectivity index (χ4v) is 6.88. The lowest BCUT2D eigenvalue weighted by Gasteiger charge is -2.37. The number of rotatable bonds is 10. The number of piperidine rings is 1. The molecule has 198 valence electrons. The highest BCUT2D eigenvalue weighted by atomic mass is 35.5. The van der Waals surface area contributed by atoms with E-state index < -0.39 is 6.23 Å². The minimum absolute atomic E-state index is 0.0568. The summed E-state index contributed by atoms with van der Waals surface area (Å²) in [6.45, 7) is 3.34. The SMILES string of the molecule is ONC(c1cccc(Cl)c1)C1CCN(CCC2CCC(NC(O)CC3CCC(O)CC3)CC2)CC1. The van der Waals surface area contributed by atoms with E-state index in [2.05, 4.69) is 15.7 Å². The van der Waals surface area contributed by atoms with Gasteiger partial charge in [-0.1, -0.05) is 23.7 Å². The zero-order valence-corrected chi connectivity index (χ0v) is 21.9. The fourth-order valence-electron chi connectivity index (χ4n) is 6.68. The fraction of sp³-hybridized carbons (Fsp3) is 0.786. The largest absolute Gasteiger partial charge is 0.393 e. The molecular weight excluding hydrogens is 462 g/mol. The first-order valence-corrected chi connectivity index (χ1v) is 14.4. The lowest BCUT2D eigenvalue weighted by molar-refractivity contribution is 0.0537. The summed E-state index contributed by atoms with van der Waals surface area (Å²) >= 11 is 6.16. The smallest absolute Gasteiger partial charge is 0.105 e. The molecule has 3 fully saturated rings. The van der Waals surface area contributed by atoms with Crippen LogP contribution in [0.3, 0.4) is 0 Å². The standard InChI is InChI=1S/C28H46ClN3O3/c29-24-3-1-2-23(19-24)28(31-35)22-13-16-32(17-14-22)15-12-20-4-8-25(9-5-20)30-27(34)18-21-6-10-26(33)11-7-21/h1-3,19-22,25-28,30-31,33-35H,4-18H2. The van der Waals surface area contributed by atoms with E-state index in [1.807, 2.05) is 24.3 Å². The van der Waals surface area contributed by atoms with E-state index in [-0.39, 0.29) is 12.1 Å². The average Bonchev–Trinajstić information content (AvgIpc) is 2.86. The van der Waals surface area contributed by atoms with Crippen LogP contribution in [-0.4, -0.2) is 58.3 Å². The molecule has 35 heavy (non-hydrogen) atoms. The van der Waals surface area contributed by atoms with Gasteiger partial charge in [-0.15, -0.1) is 0 Å². The summed E-state index contributed by atoms with van der Waals surface area (Å²) in [4.78, 5) is 2.60. The molecule has 7 heteroatoms. The number of likely N-dealkylation sites (tertiary alicyclic amines) is 1. The number of halogens is 1. The van der Waals surface area contributed by atoms with Gasteiger partial charge in [0.05, 0.1) is 12.1 Å². The van der Waals surface area contributed by atoms with Gasteiger partial charge >= 0.3 is 0 Å². The molecule has 3 aliphatic rings. The molecule has 1 aliphatic heterocycles. The van der Waals surface area contributed by atoms with E-state index in [4.69, 9.17) is 11.6 Å². The molecule has 2 atom stereocenters. The van der Waals surface area contributed by atoms with Crippen LogP contribution in [0.15, 0.2) is 24.3 Å². The Bertz CT molecular complexity index is 745. The van der Waals surface area contributed by atoms with E-state index in [0.29, 0.717) is 22.9 Å². The lowest BCUT2D eigenvalue weighted by Crippen LogP contribution is -2.42. The number of benzene rings is 1. The molecule has 0 amide bonds. The van der Waals surface area contributed by atoms with Crippen molar-refractivity contribution < 1.29 is 15.4 Å². The van der Waals surface area contributed by atoms with Crippen LogP contribution in [0, 0.1) is 17.8 Å². The van der Waals surface area contributed by atoms with Crippen molar-refractivity contribution in [3.63, 3.8) is 0 Å². The Morgan fingerprint density at radius 2 is 1.63 bits per heavy atom. The molecule has 0 spiro atoms. The van der Waals surface area contributed by atoms with Crippen LogP contribution in [0.4, 0.5) is 0 Å². The van der Waals surface area contributed by atoms with Crippen LogP contribution >= 0.6 is 11.6 Å². The Labute approximate surface area is 216 Å². The van der Waals surface area contributed by atoms with Crippen molar-refractivity contribution in [3.8, 4) is 0 Å². The Morgan fingerprint density at radius 3 is 2.29 bits per heavy atom. The second-order valence-electron chi connectivity index (χ2n) is 11.4. The van der Waals surface area contributed by atoms with Crippen molar-refractivity contribution in [2.75, 3.05) is 19.6 Å². The monoisotopic (exact) mass is 507 g/mol. The number of hydrogen-bond acceptors (Lipinski definition) is 6. The third kappa shape index (κ3) is 8.39. The molecule has 4 rings (SSSR count). The maximum Gasteiger partial charge on any atom is 0.105 e. The van der Waals surface area contributed by atoms with Crippen LogP contribution < -0.4 is 10.8 Å². The van der Waals surface area contributed by atoms with Crippen LogP contribution in [0.5, 0.6) is 0 Å².